The molecule has 0 saturated heterocycles. The number of halogens is 1. The number of benzene rings is 2. The maximum atomic E-state index is 13.6. The monoisotopic (exact) mass is 330 g/mol. The number of methoxy groups -OCH3 is 1. The highest BCUT2D eigenvalue weighted by Crippen LogP contribution is 2.26. The molecule has 0 aliphatic heterocycles. The molecule has 1 heterocycles. The average Bonchev–Trinajstić information content (AvgIpc) is 2.95. The molecule has 0 bridgehead atoms. The Kier molecular flexibility index (Phi) is 4.47. The van der Waals surface area contributed by atoms with Crippen molar-refractivity contribution < 1.29 is 9.13 Å². The third kappa shape index (κ3) is 3.29. The fourth-order valence-corrected chi connectivity index (χ4v) is 2.91. The van der Waals surface area contributed by atoms with Crippen LogP contribution in [0, 0.1) is 5.82 Å². The van der Waals surface area contributed by atoms with Crippen LogP contribution in [0.15, 0.2) is 53.7 Å². The lowest BCUT2D eigenvalue weighted by Crippen LogP contribution is -2.11. The van der Waals surface area contributed by atoms with Crippen molar-refractivity contribution in [1.29, 1.82) is 0 Å². The van der Waals surface area contributed by atoms with Gasteiger partial charge in [-0.2, -0.15) is 0 Å². The van der Waals surface area contributed by atoms with Crippen LogP contribution < -0.4 is 10.6 Å². The minimum absolute atomic E-state index is 0.238. The third-order valence-corrected chi connectivity index (χ3v) is 4.32. The van der Waals surface area contributed by atoms with Crippen LogP contribution in [0.5, 0.6) is 5.75 Å². The summed E-state index contributed by atoms with van der Waals surface area (Å²) in [7, 11) is 1.61. The van der Waals surface area contributed by atoms with Crippen LogP contribution in [0.4, 0.5) is 4.39 Å². The van der Waals surface area contributed by atoms with Gasteiger partial charge in [-0.15, -0.1) is 10.2 Å². The Labute approximate surface area is 137 Å². The number of nitrogens with zero attached hydrogens (tertiary/aromatic N) is 3. The van der Waals surface area contributed by atoms with Crippen LogP contribution in [-0.2, 0) is 5.75 Å². The maximum absolute atomic E-state index is 13.6. The second-order valence-corrected chi connectivity index (χ2v) is 5.73. The van der Waals surface area contributed by atoms with Gasteiger partial charge >= 0.3 is 0 Å². The van der Waals surface area contributed by atoms with Gasteiger partial charge in [0.05, 0.1) is 7.11 Å². The van der Waals surface area contributed by atoms with Crippen molar-refractivity contribution in [2.75, 3.05) is 13.0 Å². The Hall–Kier alpha value is -2.54. The predicted molar refractivity (Wildman–Crippen MR) is 88.1 cm³/mol. The molecule has 23 heavy (non-hydrogen) atoms. The van der Waals surface area contributed by atoms with Crippen LogP contribution in [-0.4, -0.2) is 22.0 Å². The molecule has 0 spiro atoms. The predicted octanol–water partition coefficient (Wildman–Crippen LogP) is 3.10. The van der Waals surface area contributed by atoms with E-state index in [4.69, 9.17) is 10.6 Å². The Morgan fingerprint density at radius 1 is 1.13 bits per heavy atom. The molecule has 3 aromatic rings. The zero-order chi connectivity index (χ0) is 16.2. The highest BCUT2D eigenvalue weighted by Gasteiger charge is 2.13. The van der Waals surface area contributed by atoms with Gasteiger partial charge in [0.2, 0.25) is 5.16 Å². The molecule has 2 aromatic carbocycles. The number of nitrogen functional groups attached to an aromatic ring is 1. The highest BCUT2D eigenvalue weighted by molar-refractivity contribution is 7.98. The number of rotatable bonds is 5. The highest BCUT2D eigenvalue weighted by atomic mass is 32.2. The number of hydrogen-bond acceptors (Lipinski definition) is 5. The summed E-state index contributed by atoms with van der Waals surface area (Å²) in [6.07, 6.45) is 0. The van der Waals surface area contributed by atoms with Crippen molar-refractivity contribution in [2.24, 2.45) is 0 Å². The Morgan fingerprint density at radius 2 is 1.87 bits per heavy atom. The van der Waals surface area contributed by atoms with E-state index >= 15 is 0 Å². The molecule has 0 fully saturated rings. The molecule has 7 heteroatoms. The third-order valence-electron chi connectivity index (χ3n) is 3.33. The molecule has 3 rings (SSSR count). The van der Waals surface area contributed by atoms with E-state index in [0.717, 1.165) is 11.3 Å². The first kappa shape index (κ1) is 15.4. The topological polar surface area (TPSA) is 66.0 Å². The summed E-state index contributed by atoms with van der Waals surface area (Å²) >= 11 is 1.34. The SMILES string of the molecule is COc1ccc(-c2nnc(SCc3ccccc3F)n2N)cc1. The minimum atomic E-state index is -0.238. The molecule has 118 valence electrons. The molecule has 0 atom stereocenters. The van der Waals surface area contributed by atoms with Crippen molar-refractivity contribution in [3.8, 4) is 17.1 Å². The van der Waals surface area contributed by atoms with Crippen LogP contribution in [0.3, 0.4) is 0 Å². The van der Waals surface area contributed by atoms with E-state index in [1.54, 1.807) is 25.3 Å². The van der Waals surface area contributed by atoms with E-state index in [0.29, 0.717) is 22.3 Å². The summed E-state index contributed by atoms with van der Waals surface area (Å²) in [5.41, 5.74) is 1.44. The number of ether oxygens (including phenoxy) is 1. The zero-order valence-corrected chi connectivity index (χ0v) is 13.3. The Bertz CT molecular complexity index is 804. The molecule has 1 aromatic heterocycles. The van der Waals surface area contributed by atoms with E-state index in [-0.39, 0.29) is 5.82 Å². The number of aromatic nitrogens is 3. The summed E-state index contributed by atoms with van der Waals surface area (Å²) in [5.74, 6) is 7.55. The number of nitrogens with two attached hydrogens (primary N) is 1. The van der Waals surface area contributed by atoms with Crippen molar-refractivity contribution in [2.45, 2.75) is 10.9 Å². The van der Waals surface area contributed by atoms with E-state index in [2.05, 4.69) is 10.2 Å². The largest absolute Gasteiger partial charge is 0.497 e. The van der Waals surface area contributed by atoms with E-state index in [1.807, 2.05) is 24.3 Å². The van der Waals surface area contributed by atoms with E-state index in [1.165, 1.54) is 22.5 Å². The standard InChI is InChI=1S/C16H15FN4OS/c1-22-13-8-6-11(7-9-13)15-19-20-16(21(15)18)23-10-12-4-2-3-5-14(12)17/h2-9H,10,18H2,1H3. The molecule has 0 saturated carbocycles. The first-order chi connectivity index (χ1) is 11.2. The van der Waals surface area contributed by atoms with Gasteiger partial charge in [0, 0.05) is 11.3 Å². The molecule has 0 aliphatic rings. The van der Waals surface area contributed by atoms with Gasteiger partial charge in [0.15, 0.2) is 5.82 Å². The molecule has 2 N–H and O–H groups in total. The molecular formula is C16H15FN4OS. The number of thioether (sulfide) groups is 1. The quantitative estimate of drug-likeness (QED) is 0.575. The van der Waals surface area contributed by atoms with Crippen LogP contribution in [0.25, 0.3) is 11.4 Å². The van der Waals surface area contributed by atoms with Gasteiger partial charge in [0.25, 0.3) is 0 Å². The molecule has 0 radical (unpaired) electrons. The zero-order valence-electron chi connectivity index (χ0n) is 12.4. The van der Waals surface area contributed by atoms with Crippen molar-refractivity contribution in [3.05, 3.63) is 59.9 Å². The van der Waals surface area contributed by atoms with Crippen molar-refractivity contribution in [3.63, 3.8) is 0 Å². The Morgan fingerprint density at radius 3 is 2.57 bits per heavy atom. The second-order valence-electron chi connectivity index (χ2n) is 4.78. The van der Waals surface area contributed by atoms with E-state index in [9.17, 15) is 4.39 Å². The summed E-state index contributed by atoms with van der Waals surface area (Å²) in [4.78, 5) is 0. The van der Waals surface area contributed by atoms with Crippen LogP contribution >= 0.6 is 11.8 Å². The Balaban J connectivity index is 1.77. The molecule has 5 nitrogen and oxygen atoms in total. The smallest absolute Gasteiger partial charge is 0.210 e. The molecular weight excluding hydrogens is 315 g/mol. The average molecular weight is 330 g/mol. The second kappa shape index (κ2) is 6.70. The normalized spacial score (nSPS) is 10.7. The minimum Gasteiger partial charge on any atom is -0.497 e. The summed E-state index contributed by atoms with van der Waals surface area (Å²) in [5, 5.41) is 8.71. The first-order valence-electron chi connectivity index (χ1n) is 6.90. The fourth-order valence-electron chi connectivity index (χ4n) is 2.07. The van der Waals surface area contributed by atoms with Crippen LogP contribution in [0.1, 0.15) is 5.56 Å². The first-order valence-corrected chi connectivity index (χ1v) is 7.88. The fraction of sp³-hybridized carbons (Fsp3) is 0.125. The summed E-state index contributed by atoms with van der Waals surface area (Å²) in [6, 6.07) is 14.0. The lowest BCUT2D eigenvalue weighted by Gasteiger charge is -2.05. The van der Waals surface area contributed by atoms with Gasteiger partial charge in [-0.1, -0.05) is 30.0 Å². The van der Waals surface area contributed by atoms with Gasteiger partial charge in [-0.3, -0.25) is 0 Å². The lowest BCUT2D eigenvalue weighted by molar-refractivity contribution is 0.415. The van der Waals surface area contributed by atoms with Gasteiger partial charge in [0.1, 0.15) is 11.6 Å². The van der Waals surface area contributed by atoms with Crippen molar-refractivity contribution in [1.82, 2.24) is 14.9 Å². The van der Waals surface area contributed by atoms with E-state index < -0.39 is 0 Å². The molecule has 0 aliphatic carbocycles. The number of hydrogen-bond donors (Lipinski definition) is 1. The van der Waals surface area contributed by atoms with Crippen molar-refractivity contribution >= 4 is 11.8 Å². The maximum Gasteiger partial charge on any atom is 0.210 e. The van der Waals surface area contributed by atoms with Crippen LogP contribution in [0.2, 0.25) is 0 Å². The van der Waals surface area contributed by atoms with Gasteiger partial charge in [-0.05, 0) is 35.9 Å². The van der Waals surface area contributed by atoms with Gasteiger partial charge < -0.3 is 10.6 Å². The molecule has 0 unspecified atom stereocenters. The summed E-state index contributed by atoms with van der Waals surface area (Å²) in [6.45, 7) is 0. The summed E-state index contributed by atoms with van der Waals surface area (Å²) < 4.78 is 20.2. The lowest BCUT2D eigenvalue weighted by atomic mass is 10.2. The molecule has 0 amide bonds. The van der Waals surface area contributed by atoms with Gasteiger partial charge in [-0.25, -0.2) is 9.07 Å².